The topological polar surface area (TPSA) is 17.1 Å². The molecule has 0 radical (unpaired) electrons. The molecular weight excluding hydrogens is 148 g/mol. The lowest BCUT2D eigenvalue weighted by molar-refractivity contribution is -0.111. The maximum atomic E-state index is 10.7. The Labute approximate surface area is 76.6 Å². The summed E-state index contributed by atoms with van der Waals surface area (Å²) >= 11 is 0. The summed E-state index contributed by atoms with van der Waals surface area (Å²) < 4.78 is 0. The lowest BCUT2D eigenvalue weighted by atomic mass is 9.91. The van der Waals surface area contributed by atoms with Gasteiger partial charge in [-0.3, -0.25) is 0 Å². The number of carbonyl (C=O) groups is 1. The summed E-state index contributed by atoms with van der Waals surface area (Å²) in [5, 5.41) is 0. The van der Waals surface area contributed by atoms with E-state index in [1.807, 2.05) is 0 Å². The Balaban J connectivity index is 3.59. The van der Waals surface area contributed by atoms with Crippen LogP contribution in [0.1, 0.15) is 52.9 Å². The standard InChI is InChI=1S/C11H22O/c1-4-6-7-11(9-12)8-10(3)5-2/h9-11H,4-8H2,1-3H3. The second-order valence-corrected chi connectivity index (χ2v) is 3.79. The Hall–Kier alpha value is -0.330. The Morgan fingerprint density at radius 1 is 1.33 bits per heavy atom. The first-order valence-corrected chi connectivity index (χ1v) is 5.19. The van der Waals surface area contributed by atoms with Gasteiger partial charge >= 0.3 is 0 Å². The lowest BCUT2D eigenvalue weighted by Gasteiger charge is -2.13. The monoisotopic (exact) mass is 170 g/mol. The Morgan fingerprint density at radius 2 is 2.00 bits per heavy atom. The predicted molar refractivity (Wildman–Crippen MR) is 53.2 cm³/mol. The molecule has 0 spiro atoms. The van der Waals surface area contributed by atoms with Crippen LogP contribution in [0.15, 0.2) is 0 Å². The molecule has 0 aromatic heterocycles. The van der Waals surface area contributed by atoms with Crippen LogP contribution < -0.4 is 0 Å². The van der Waals surface area contributed by atoms with Crippen LogP contribution in [0.4, 0.5) is 0 Å². The van der Waals surface area contributed by atoms with Crippen LogP contribution in [0.25, 0.3) is 0 Å². The summed E-state index contributed by atoms with van der Waals surface area (Å²) in [4.78, 5) is 10.7. The molecule has 0 rings (SSSR count). The highest BCUT2D eigenvalue weighted by Gasteiger charge is 2.10. The van der Waals surface area contributed by atoms with Gasteiger partial charge in [-0.2, -0.15) is 0 Å². The average Bonchev–Trinajstić information content (AvgIpc) is 2.11. The van der Waals surface area contributed by atoms with E-state index in [1.165, 1.54) is 19.3 Å². The van der Waals surface area contributed by atoms with E-state index in [2.05, 4.69) is 20.8 Å². The molecule has 0 amide bonds. The van der Waals surface area contributed by atoms with E-state index in [1.54, 1.807) is 0 Å². The summed E-state index contributed by atoms with van der Waals surface area (Å²) in [6.07, 6.45) is 6.90. The zero-order valence-corrected chi connectivity index (χ0v) is 8.68. The molecule has 0 heterocycles. The van der Waals surface area contributed by atoms with Crippen molar-refractivity contribution >= 4 is 6.29 Å². The molecule has 0 saturated carbocycles. The smallest absolute Gasteiger partial charge is 0.123 e. The number of hydrogen-bond acceptors (Lipinski definition) is 1. The van der Waals surface area contributed by atoms with Crippen molar-refractivity contribution in [3.05, 3.63) is 0 Å². The first kappa shape index (κ1) is 11.7. The Kier molecular flexibility index (Phi) is 7.12. The van der Waals surface area contributed by atoms with Crippen LogP contribution in [0, 0.1) is 11.8 Å². The minimum atomic E-state index is 0.319. The Morgan fingerprint density at radius 3 is 2.42 bits per heavy atom. The van der Waals surface area contributed by atoms with Crippen molar-refractivity contribution in [1.82, 2.24) is 0 Å². The summed E-state index contributed by atoms with van der Waals surface area (Å²) in [7, 11) is 0. The van der Waals surface area contributed by atoms with Gasteiger partial charge in [0.15, 0.2) is 0 Å². The molecule has 0 bridgehead atoms. The summed E-state index contributed by atoms with van der Waals surface area (Å²) in [5.74, 6) is 1.02. The van der Waals surface area contributed by atoms with Gasteiger partial charge in [0.25, 0.3) is 0 Å². The van der Waals surface area contributed by atoms with E-state index >= 15 is 0 Å². The van der Waals surface area contributed by atoms with E-state index in [0.717, 1.165) is 19.1 Å². The number of carbonyl (C=O) groups excluding carboxylic acids is 1. The maximum absolute atomic E-state index is 10.7. The second-order valence-electron chi connectivity index (χ2n) is 3.79. The van der Waals surface area contributed by atoms with Crippen molar-refractivity contribution in [3.63, 3.8) is 0 Å². The first-order chi connectivity index (χ1) is 5.74. The molecular formula is C11H22O. The minimum Gasteiger partial charge on any atom is -0.303 e. The van der Waals surface area contributed by atoms with Crippen LogP contribution in [0.5, 0.6) is 0 Å². The third-order valence-corrected chi connectivity index (χ3v) is 2.52. The third-order valence-electron chi connectivity index (χ3n) is 2.52. The minimum absolute atomic E-state index is 0.319. The normalized spacial score (nSPS) is 15.6. The highest BCUT2D eigenvalue weighted by Crippen LogP contribution is 2.18. The number of rotatable bonds is 7. The van der Waals surface area contributed by atoms with Gasteiger partial charge in [0.2, 0.25) is 0 Å². The van der Waals surface area contributed by atoms with Gasteiger partial charge in [-0.15, -0.1) is 0 Å². The van der Waals surface area contributed by atoms with Gasteiger partial charge in [0, 0.05) is 5.92 Å². The summed E-state index contributed by atoms with van der Waals surface area (Å²) in [5.41, 5.74) is 0. The summed E-state index contributed by atoms with van der Waals surface area (Å²) in [6.45, 7) is 6.58. The first-order valence-electron chi connectivity index (χ1n) is 5.19. The molecule has 0 N–H and O–H groups in total. The van der Waals surface area contributed by atoms with Crippen LogP contribution >= 0.6 is 0 Å². The van der Waals surface area contributed by atoms with Gasteiger partial charge in [0.1, 0.15) is 6.29 Å². The molecule has 0 fully saturated rings. The van der Waals surface area contributed by atoms with E-state index in [0.29, 0.717) is 11.8 Å². The molecule has 2 unspecified atom stereocenters. The van der Waals surface area contributed by atoms with Crippen LogP contribution in [0.3, 0.4) is 0 Å². The van der Waals surface area contributed by atoms with Gasteiger partial charge in [-0.05, 0) is 18.8 Å². The van der Waals surface area contributed by atoms with Gasteiger partial charge < -0.3 is 4.79 Å². The highest BCUT2D eigenvalue weighted by atomic mass is 16.1. The van der Waals surface area contributed by atoms with Gasteiger partial charge in [-0.25, -0.2) is 0 Å². The van der Waals surface area contributed by atoms with Crippen molar-refractivity contribution in [2.75, 3.05) is 0 Å². The average molecular weight is 170 g/mol. The van der Waals surface area contributed by atoms with Crippen LogP contribution in [0.2, 0.25) is 0 Å². The number of hydrogen-bond donors (Lipinski definition) is 0. The van der Waals surface area contributed by atoms with Gasteiger partial charge in [-0.1, -0.05) is 40.0 Å². The van der Waals surface area contributed by atoms with Crippen molar-refractivity contribution in [1.29, 1.82) is 0 Å². The molecule has 12 heavy (non-hydrogen) atoms. The van der Waals surface area contributed by atoms with Gasteiger partial charge in [0.05, 0.1) is 0 Å². The second kappa shape index (κ2) is 7.33. The predicted octanol–water partition coefficient (Wildman–Crippen LogP) is 3.43. The number of unbranched alkanes of at least 4 members (excludes halogenated alkanes) is 1. The van der Waals surface area contributed by atoms with E-state index in [-0.39, 0.29) is 0 Å². The van der Waals surface area contributed by atoms with Crippen LogP contribution in [-0.4, -0.2) is 6.29 Å². The molecule has 0 aliphatic rings. The molecule has 72 valence electrons. The fraction of sp³-hybridized carbons (Fsp3) is 0.909. The molecule has 1 heteroatoms. The molecule has 0 aliphatic heterocycles. The number of aldehydes is 1. The van der Waals surface area contributed by atoms with E-state index in [9.17, 15) is 4.79 Å². The Bertz CT molecular complexity index is 110. The zero-order chi connectivity index (χ0) is 9.40. The fourth-order valence-corrected chi connectivity index (χ4v) is 1.39. The van der Waals surface area contributed by atoms with Crippen molar-refractivity contribution in [2.45, 2.75) is 52.9 Å². The van der Waals surface area contributed by atoms with Crippen molar-refractivity contribution < 1.29 is 4.79 Å². The lowest BCUT2D eigenvalue weighted by Crippen LogP contribution is -2.07. The molecule has 0 aromatic rings. The van der Waals surface area contributed by atoms with Crippen LogP contribution in [-0.2, 0) is 4.79 Å². The van der Waals surface area contributed by atoms with Crippen molar-refractivity contribution in [2.24, 2.45) is 11.8 Å². The largest absolute Gasteiger partial charge is 0.303 e. The molecule has 0 saturated heterocycles. The maximum Gasteiger partial charge on any atom is 0.123 e. The SMILES string of the molecule is CCCCC(C=O)CC(C)CC. The summed E-state index contributed by atoms with van der Waals surface area (Å²) in [6, 6.07) is 0. The highest BCUT2D eigenvalue weighted by molar-refractivity contribution is 5.53. The van der Waals surface area contributed by atoms with E-state index < -0.39 is 0 Å². The van der Waals surface area contributed by atoms with E-state index in [4.69, 9.17) is 0 Å². The zero-order valence-electron chi connectivity index (χ0n) is 8.68. The third kappa shape index (κ3) is 5.34. The molecule has 2 atom stereocenters. The molecule has 0 aliphatic carbocycles. The quantitative estimate of drug-likeness (QED) is 0.535. The van der Waals surface area contributed by atoms with Crippen molar-refractivity contribution in [3.8, 4) is 0 Å². The fourth-order valence-electron chi connectivity index (χ4n) is 1.39. The molecule has 1 nitrogen and oxygen atoms in total. The molecule has 0 aromatic carbocycles.